The summed E-state index contributed by atoms with van der Waals surface area (Å²) in [5.41, 5.74) is 1.76. The van der Waals surface area contributed by atoms with Crippen LogP contribution in [-0.2, 0) is 12.7 Å². The molecule has 8 heteroatoms. The van der Waals surface area contributed by atoms with Crippen LogP contribution in [0.25, 0.3) is 12.2 Å². The van der Waals surface area contributed by atoms with Gasteiger partial charge in [-0.05, 0) is 84.7 Å². The fourth-order valence-electron chi connectivity index (χ4n) is 3.93. The van der Waals surface area contributed by atoms with Crippen LogP contribution in [0.5, 0.6) is 0 Å². The first-order valence-electron chi connectivity index (χ1n) is 14.8. The number of ketones is 1. The summed E-state index contributed by atoms with van der Waals surface area (Å²) in [5.74, 6) is 0.451. The van der Waals surface area contributed by atoms with Gasteiger partial charge < -0.3 is 15.1 Å². The van der Waals surface area contributed by atoms with Crippen molar-refractivity contribution in [1.82, 2.24) is 14.8 Å². The number of halogens is 3. The molecule has 5 nitrogen and oxygen atoms in total. The normalized spacial score (nSPS) is 12.8. The van der Waals surface area contributed by atoms with Crippen molar-refractivity contribution in [3.05, 3.63) is 69.2 Å². The average molecular weight is 591 g/mol. The molecular formula is C34H53F3N4O. The van der Waals surface area contributed by atoms with E-state index >= 15 is 0 Å². The first-order chi connectivity index (χ1) is 19.7. The van der Waals surface area contributed by atoms with Crippen molar-refractivity contribution in [2.45, 2.75) is 86.5 Å². The van der Waals surface area contributed by atoms with Crippen LogP contribution in [0.3, 0.4) is 0 Å². The number of likely N-dealkylation sites (N-methyl/N-ethyl adjacent to an activating group) is 2. The average Bonchev–Trinajstić information content (AvgIpc) is 3.12. The van der Waals surface area contributed by atoms with Crippen LogP contribution in [0.15, 0.2) is 42.0 Å². The van der Waals surface area contributed by atoms with Gasteiger partial charge in [0.1, 0.15) is 5.82 Å². The Morgan fingerprint density at radius 1 is 1.02 bits per heavy atom. The number of nitrogens with one attached hydrogen (secondary N) is 1. The molecule has 3 rings (SSSR count). The lowest BCUT2D eigenvalue weighted by molar-refractivity contribution is -0.137. The maximum atomic E-state index is 12.6. The Kier molecular flexibility index (Phi) is 18.6. The van der Waals surface area contributed by atoms with E-state index in [4.69, 9.17) is 0 Å². The summed E-state index contributed by atoms with van der Waals surface area (Å²) in [4.78, 5) is 21.1. The smallest absolute Gasteiger partial charge is 0.366 e. The molecule has 1 aromatic carbocycles. The van der Waals surface area contributed by atoms with Gasteiger partial charge in [-0.25, -0.2) is 4.98 Å². The highest BCUT2D eigenvalue weighted by Gasteiger charge is 2.29. The predicted octanol–water partition coefficient (Wildman–Crippen LogP) is 7.16. The van der Waals surface area contributed by atoms with Crippen molar-refractivity contribution >= 4 is 23.8 Å². The van der Waals surface area contributed by atoms with Crippen LogP contribution in [0.1, 0.15) is 89.2 Å². The summed E-state index contributed by atoms with van der Waals surface area (Å²) >= 11 is 0. The number of hydrogen-bond acceptors (Lipinski definition) is 5. The second-order valence-corrected chi connectivity index (χ2v) is 10.5. The molecular weight excluding hydrogens is 537 g/mol. The Hall–Kier alpha value is -2.97. The Bertz CT molecular complexity index is 1220. The molecule has 0 fully saturated rings. The molecule has 2 aromatic rings. The maximum absolute atomic E-state index is 12.6. The maximum Gasteiger partial charge on any atom is 0.416 e. The molecule has 0 unspecified atom stereocenters. The predicted molar refractivity (Wildman–Crippen MR) is 173 cm³/mol. The minimum absolute atomic E-state index is 0.0598. The Balaban J connectivity index is 0.000000939. The van der Waals surface area contributed by atoms with Crippen molar-refractivity contribution < 1.29 is 18.0 Å². The van der Waals surface area contributed by atoms with Crippen LogP contribution in [-0.4, -0.2) is 61.3 Å². The van der Waals surface area contributed by atoms with Gasteiger partial charge in [-0.2, -0.15) is 13.2 Å². The van der Waals surface area contributed by atoms with Gasteiger partial charge >= 0.3 is 6.18 Å². The molecule has 0 aliphatic heterocycles. The lowest BCUT2D eigenvalue weighted by Gasteiger charge is -2.25. The number of Topliss-reactive ketones (excluding diaryl/α,β-unsaturated/α-hetero) is 1. The van der Waals surface area contributed by atoms with E-state index in [1.165, 1.54) is 37.5 Å². The van der Waals surface area contributed by atoms with Crippen molar-refractivity contribution in [3.8, 4) is 0 Å². The van der Waals surface area contributed by atoms with Gasteiger partial charge in [0.15, 0.2) is 5.78 Å². The van der Waals surface area contributed by atoms with E-state index in [9.17, 15) is 18.0 Å². The topological polar surface area (TPSA) is 48.5 Å². The lowest BCUT2D eigenvalue weighted by Crippen LogP contribution is -2.36. The molecule has 0 radical (unpaired) electrons. The molecule has 0 saturated heterocycles. The minimum atomic E-state index is -4.35. The van der Waals surface area contributed by atoms with Gasteiger partial charge in [-0.15, -0.1) is 0 Å². The summed E-state index contributed by atoms with van der Waals surface area (Å²) in [7, 11) is 8.51. The third kappa shape index (κ3) is 14.3. The van der Waals surface area contributed by atoms with Crippen molar-refractivity contribution in [2.24, 2.45) is 0 Å². The zero-order valence-electron chi connectivity index (χ0n) is 27.6. The van der Waals surface area contributed by atoms with E-state index in [1.807, 2.05) is 39.0 Å². The molecule has 1 aliphatic carbocycles. The SMILES string of the molecule is CC.CC(=O)c1cc(NCc2ccc(C(F)(F)F)cc2)nc2c1=CCC(C)=CC=2.CCC.CC[C@@H](CN(C)C)N(C)C. The number of carbonyl (C=O) groups is 1. The Labute approximate surface area is 252 Å². The summed E-state index contributed by atoms with van der Waals surface area (Å²) in [6.07, 6.45) is 4.73. The fourth-order valence-corrected chi connectivity index (χ4v) is 3.93. The molecule has 1 heterocycles. The molecule has 1 aliphatic rings. The van der Waals surface area contributed by atoms with Crippen LogP contribution in [0, 0.1) is 0 Å². The second kappa shape index (κ2) is 20.0. The van der Waals surface area contributed by atoms with Crippen LogP contribution in [0.2, 0.25) is 0 Å². The highest BCUT2D eigenvalue weighted by molar-refractivity contribution is 5.95. The first kappa shape index (κ1) is 39.0. The standard InChI is InChI=1S/C21H19F3N2O.C8H20N2.C3H8.C2H6/c1-13-3-9-17-18(14(2)27)11-20(26-19(17)10-4-13)25-12-15-5-7-16(8-6-15)21(22,23)24;1-6-8(10(4)5)7-9(2)3;1-3-2;1-2/h4-11H,3,12H2,1-2H3,(H,25,26);8H,6-7H2,1-5H3;3H2,1-2H3;1-2H3/t;8-;;/m.0../s1. The first-order valence-corrected chi connectivity index (χ1v) is 14.8. The number of rotatable bonds is 8. The number of carbonyl (C=O) groups excluding carboxylic acids is 1. The molecule has 0 bridgehead atoms. The number of nitrogens with zero attached hydrogens (tertiary/aromatic N) is 3. The molecule has 42 heavy (non-hydrogen) atoms. The van der Waals surface area contributed by atoms with Crippen LogP contribution < -0.4 is 15.9 Å². The number of anilines is 1. The highest BCUT2D eigenvalue weighted by Crippen LogP contribution is 2.29. The van der Waals surface area contributed by atoms with E-state index in [2.05, 4.69) is 69.1 Å². The number of fused-ring (bicyclic) bond motifs is 1. The summed E-state index contributed by atoms with van der Waals surface area (Å²) < 4.78 is 37.9. The van der Waals surface area contributed by atoms with Gasteiger partial charge in [-0.1, -0.05) is 70.9 Å². The zero-order valence-corrected chi connectivity index (χ0v) is 27.6. The molecule has 1 N–H and O–H groups in total. The van der Waals surface area contributed by atoms with Crippen molar-refractivity contribution in [2.75, 3.05) is 40.1 Å². The highest BCUT2D eigenvalue weighted by atomic mass is 19.4. The third-order valence-corrected chi connectivity index (χ3v) is 6.15. The number of aromatic nitrogens is 1. The van der Waals surface area contributed by atoms with Gasteiger partial charge in [-0.3, -0.25) is 4.79 Å². The molecule has 0 saturated carbocycles. The summed E-state index contributed by atoms with van der Waals surface area (Å²) in [6.45, 7) is 15.5. The number of allylic oxidation sites excluding steroid dienone is 2. The largest absolute Gasteiger partial charge is 0.416 e. The molecule has 236 valence electrons. The number of pyridine rings is 1. The van der Waals surface area contributed by atoms with E-state index < -0.39 is 11.7 Å². The Morgan fingerprint density at radius 3 is 2.02 bits per heavy atom. The number of alkyl halides is 3. The second-order valence-electron chi connectivity index (χ2n) is 10.5. The molecule has 0 spiro atoms. The van der Waals surface area contributed by atoms with Crippen molar-refractivity contribution in [1.29, 1.82) is 0 Å². The summed E-state index contributed by atoms with van der Waals surface area (Å²) in [6, 6.07) is 7.36. The monoisotopic (exact) mass is 590 g/mol. The summed E-state index contributed by atoms with van der Waals surface area (Å²) in [5, 5.41) is 4.62. The van der Waals surface area contributed by atoms with E-state index in [0.29, 0.717) is 34.9 Å². The third-order valence-electron chi connectivity index (χ3n) is 6.15. The fraction of sp³-hybridized carbons (Fsp3) is 0.529. The van der Waals surface area contributed by atoms with E-state index in [-0.39, 0.29) is 5.78 Å². The minimum Gasteiger partial charge on any atom is -0.366 e. The number of benzene rings is 1. The van der Waals surface area contributed by atoms with E-state index in [1.54, 1.807) is 6.07 Å². The molecule has 0 amide bonds. The van der Waals surface area contributed by atoms with Gasteiger partial charge in [0.05, 0.1) is 10.9 Å². The molecule has 1 atom stereocenters. The van der Waals surface area contributed by atoms with Gasteiger partial charge in [0, 0.05) is 29.9 Å². The number of hydrogen-bond donors (Lipinski definition) is 1. The van der Waals surface area contributed by atoms with Crippen LogP contribution in [0.4, 0.5) is 19.0 Å². The van der Waals surface area contributed by atoms with Crippen LogP contribution >= 0.6 is 0 Å². The zero-order chi connectivity index (χ0) is 32.5. The Morgan fingerprint density at radius 2 is 1.60 bits per heavy atom. The van der Waals surface area contributed by atoms with Gasteiger partial charge in [0.2, 0.25) is 0 Å². The molecule has 1 aromatic heterocycles. The van der Waals surface area contributed by atoms with Gasteiger partial charge in [0.25, 0.3) is 0 Å². The van der Waals surface area contributed by atoms with Crippen molar-refractivity contribution in [3.63, 3.8) is 0 Å². The lowest BCUT2D eigenvalue weighted by atomic mass is 10.1. The quantitative estimate of drug-likeness (QED) is 0.331. The van der Waals surface area contributed by atoms with E-state index in [0.717, 1.165) is 30.3 Å².